The van der Waals surface area contributed by atoms with Crippen LogP contribution in [0.4, 0.5) is 66.4 Å². The fourth-order valence-corrected chi connectivity index (χ4v) is 9.46. The molecule has 0 unspecified atom stereocenters. The van der Waals surface area contributed by atoms with Gasteiger partial charge in [0.05, 0.1) is 46.7 Å². The lowest BCUT2D eigenvalue weighted by Gasteiger charge is -2.34. The minimum Gasteiger partial charge on any atom is -0.340 e. The molecule has 4 heterocycles. The van der Waals surface area contributed by atoms with Gasteiger partial charge in [0.15, 0.2) is 23.3 Å². The number of amides is 4. The van der Waals surface area contributed by atoms with Gasteiger partial charge in [-0.25, -0.2) is 18.7 Å². The van der Waals surface area contributed by atoms with Crippen molar-refractivity contribution in [1.82, 2.24) is 39.5 Å². The summed E-state index contributed by atoms with van der Waals surface area (Å²) in [6.45, 7) is 12.9. The summed E-state index contributed by atoms with van der Waals surface area (Å²) >= 11 is 12.2. The number of hydrogen-bond acceptors (Lipinski definition) is 14. The number of carbonyl (C=O) groups is 4. The van der Waals surface area contributed by atoms with Crippen molar-refractivity contribution < 1.29 is 28.0 Å². The maximum atomic E-state index is 14.5. The summed E-state index contributed by atoms with van der Waals surface area (Å²) in [5.74, 6) is -1.29. The van der Waals surface area contributed by atoms with E-state index in [1.54, 1.807) is 97.1 Å². The van der Waals surface area contributed by atoms with E-state index >= 15 is 0 Å². The molecule has 432 valence electrons. The Bertz CT molecular complexity index is 3320. The van der Waals surface area contributed by atoms with Crippen LogP contribution in [0.25, 0.3) is 0 Å². The third kappa shape index (κ3) is 16.6. The first-order chi connectivity index (χ1) is 40.7. The number of rotatable bonds is 18. The molecule has 0 aliphatic carbocycles. The molecule has 2 aliphatic heterocycles. The molecule has 2 aliphatic rings. The van der Waals surface area contributed by atoms with Crippen molar-refractivity contribution in [2.75, 3.05) is 97.3 Å². The van der Waals surface area contributed by atoms with Crippen LogP contribution in [-0.4, -0.2) is 129 Å². The number of anilines is 10. The predicted octanol–water partition coefficient (Wildman–Crippen LogP) is 11.4. The first-order valence-corrected chi connectivity index (χ1v) is 28.1. The van der Waals surface area contributed by atoms with Gasteiger partial charge in [-0.1, -0.05) is 85.6 Å². The second-order valence-corrected chi connectivity index (χ2v) is 20.5. The third-order valence-electron chi connectivity index (χ3n) is 14.0. The van der Waals surface area contributed by atoms with Gasteiger partial charge in [-0.15, -0.1) is 0 Å². The summed E-state index contributed by atoms with van der Waals surface area (Å²) < 4.78 is 29.0. The summed E-state index contributed by atoms with van der Waals surface area (Å²) in [6, 6.07) is 41.9. The van der Waals surface area contributed by atoms with E-state index in [-0.39, 0.29) is 47.2 Å². The molecule has 0 spiro atoms. The lowest BCUT2D eigenvalue weighted by atomic mass is 10.1. The van der Waals surface area contributed by atoms with Crippen molar-refractivity contribution in [3.63, 3.8) is 0 Å². The molecule has 0 saturated carbocycles. The molecular formula is C62H62Cl2F2N14O4. The van der Waals surface area contributed by atoms with Crippen molar-refractivity contribution in [2.24, 2.45) is 0 Å². The first kappa shape index (κ1) is 59.5. The second kappa shape index (κ2) is 28.8. The number of nitrogens with one attached hydrogen (secondary N) is 6. The number of para-hydroxylation sites is 2. The average molecular weight is 1180 g/mol. The van der Waals surface area contributed by atoms with E-state index in [1.165, 1.54) is 0 Å². The summed E-state index contributed by atoms with van der Waals surface area (Å²) in [6.07, 6.45) is 2.84. The molecule has 4 amide bonds. The zero-order valence-electron chi connectivity index (χ0n) is 46.2. The first-order valence-electron chi connectivity index (χ1n) is 27.4. The number of aromatic nitrogens is 4. The van der Waals surface area contributed by atoms with Gasteiger partial charge in [0.2, 0.25) is 23.7 Å². The van der Waals surface area contributed by atoms with E-state index < -0.39 is 11.6 Å². The Kier molecular flexibility index (Phi) is 20.4. The average Bonchev–Trinajstić information content (AvgIpc) is 3.69. The number of halogens is 4. The quantitative estimate of drug-likeness (QED) is 0.0473. The molecule has 2 fully saturated rings. The molecule has 84 heavy (non-hydrogen) atoms. The fourth-order valence-electron chi connectivity index (χ4n) is 9.10. The molecule has 22 heteroatoms. The Morgan fingerprint density at radius 1 is 0.452 bits per heavy atom. The molecule has 2 saturated heterocycles. The zero-order valence-corrected chi connectivity index (χ0v) is 47.7. The summed E-state index contributed by atoms with van der Waals surface area (Å²) in [5.41, 5.74) is 6.16. The summed E-state index contributed by atoms with van der Waals surface area (Å²) in [4.78, 5) is 75.7. The van der Waals surface area contributed by atoms with Crippen molar-refractivity contribution in [3.05, 3.63) is 202 Å². The topological polar surface area (TPSA) is 205 Å². The third-order valence-corrected chi connectivity index (χ3v) is 14.7. The van der Waals surface area contributed by atoms with Crippen molar-refractivity contribution >= 4 is 104 Å². The summed E-state index contributed by atoms with van der Waals surface area (Å²) in [7, 11) is 0. The van der Waals surface area contributed by atoms with Crippen LogP contribution in [0, 0.1) is 11.6 Å². The van der Waals surface area contributed by atoms with Crippen LogP contribution in [0.15, 0.2) is 158 Å². The highest BCUT2D eigenvalue weighted by Crippen LogP contribution is 2.27. The smallest absolute Gasteiger partial charge is 0.255 e. The van der Waals surface area contributed by atoms with E-state index in [0.717, 1.165) is 89.0 Å². The second-order valence-electron chi connectivity index (χ2n) is 19.7. The van der Waals surface area contributed by atoms with Gasteiger partial charge in [0, 0.05) is 86.2 Å². The van der Waals surface area contributed by atoms with E-state index in [1.807, 2.05) is 58.3 Å². The molecular weight excluding hydrogens is 1110 g/mol. The van der Waals surface area contributed by atoms with Crippen molar-refractivity contribution in [3.8, 4) is 0 Å². The van der Waals surface area contributed by atoms with Crippen LogP contribution in [0.2, 0.25) is 10.0 Å². The Morgan fingerprint density at radius 2 is 0.786 bits per heavy atom. The number of nitrogens with zero attached hydrogens (tertiary/aromatic N) is 8. The van der Waals surface area contributed by atoms with Crippen molar-refractivity contribution in [2.45, 2.75) is 26.7 Å². The minimum absolute atomic E-state index is 0.0221. The van der Waals surface area contributed by atoms with Gasteiger partial charge in [0.1, 0.15) is 0 Å². The monoisotopic (exact) mass is 1170 g/mol. The molecule has 0 atom stereocenters. The van der Waals surface area contributed by atoms with Gasteiger partial charge in [-0.2, -0.15) is 9.97 Å². The Labute approximate surface area is 495 Å². The molecule has 6 aromatic carbocycles. The predicted molar refractivity (Wildman–Crippen MR) is 326 cm³/mol. The number of piperazine rings is 2. The lowest BCUT2D eigenvalue weighted by Crippen LogP contribution is -2.48. The largest absolute Gasteiger partial charge is 0.340 e. The van der Waals surface area contributed by atoms with E-state index in [9.17, 15) is 28.0 Å². The molecule has 0 radical (unpaired) electrons. The Morgan fingerprint density at radius 3 is 1.13 bits per heavy atom. The van der Waals surface area contributed by atoms with E-state index in [4.69, 9.17) is 23.2 Å². The fraction of sp³-hybridized carbons (Fsp3) is 0.226. The summed E-state index contributed by atoms with van der Waals surface area (Å²) in [5, 5.41) is 18.4. The van der Waals surface area contributed by atoms with Crippen LogP contribution in [0.3, 0.4) is 0 Å². The highest BCUT2D eigenvalue weighted by molar-refractivity contribution is 6.34. The normalized spacial score (nSPS) is 13.5. The van der Waals surface area contributed by atoms with Gasteiger partial charge in [-0.3, -0.25) is 19.2 Å². The highest BCUT2D eigenvalue weighted by atomic mass is 35.5. The van der Waals surface area contributed by atoms with E-state index in [0.29, 0.717) is 68.1 Å². The van der Waals surface area contributed by atoms with Crippen LogP contribution < -0.4 is 31.9 Å². The zero-order chi connectivity index (χ0) is 59.0. The molecule has 2 aromatic heterocycles. The number of carbonyl (C=O) groups excluding carboxylic acids is 4. The molecule has 6 N–H and O–H groups in total. The SMILES string of the molecule is CCN1CCN(C(=O)Cc2ccc(Nc3ncc(F)c(Nc4ccc(C(=O)Nc5ccccc5Cl)cc4)n3)cc2)CC1.CCN1CCN(C(=O)Cc2ccc(Nc3ncc(F)c(Nc4ccc(C(=O)Nc5ccccc5Cl)cc4)n3)cc2)CC1. The van der Waals surface area contributed by atoms with Gasteiger partial charge < -0.3 is 51.5 Å². The molecule has 0 bridgehead atoms. The maximum Gasteiger partial charge on any atom is 0.255 e. The number of benzene rings is 6. The van der Waals surface area contributed by atoms with Crippen LogP contribution in [0.5, 0.6) is 0 Å². The van der Waals surface area contributed by atoms with Crippen LogP contribution >= 0.6 is 23.2 Å². The Balaban J connectivity index is 0.000000202. The number of hydrogen-bond donors (Lipinski definition) is 6. The van der Waals surface area contributed by atoms with Crippen LogP contribution in [0.1, 0.15) is 45.7 Å². The van der Waals surface area contributed by atoms with Crippen molar-refractivity contribution in [1.29, 1.82) is 0 Å². The molecule has 18 nitrogen and oxygen atoms in total. The van der Waals surface area contributed by atoms with E-state index in [2.05, 4.69) is 75.5 Å². The molecule has 10 rings (SSSR count). The van der Waals surface area contributed by atoms with Crippen LogP contribution in [-0.2, 0) is 22.4 Å². The van der Waals surface area contributed by atoms with Gasteiger partial charge in [-0.05, 0) is 121 Å². The van der Waals surface area contributed by atoms with Gasteiger partial charge in [0.25, 0.3) is 11.8 Å². The minimum atomic E-state index is -0.630. The standard InChI is InChI=1S/2C31H31ClFN7O2/c2*1-2-39-15-17-40(18-16-39)28(41)19-21-7-11-24(12-8-21)36-31-34-20-26(33)29(38-31)35-23-13-9-22(10-14-23)30(42)37-27-6-4-3-5-25(27)32/h2*3-14,20H,2,15-19H2,1H3,(H,37,42)(H2,34,35,36,38). The Hall–Kier alpha value is -9.08. The molecule has 8 aromatic rings. The maximum absolute atomic E-state index is 14.5. The highest BCUT2D eigenvalue weighted by Gasteiger charge is 2.22. The number of likely N-dealkylation sites (N-methyl/N-ethyl adjacent to an activating group) is 2. The lowest BCUT2D eigenvalue weighted by molar-refractivity contribution is -0.133. The van der Waals surface area contributed by atoms with Gasteiger partial charge >= 0.3 is 0 Å².